The first kappa shape index (κ1) is 13.6. The molecule has 0 aromatic carbocycles. The Morgan fingerprint density at radius 2 is 2.18 bits per heavy atom. The van der Waals surface area contributed by atoms with Crippen LogP contribution in [-0.2, 0) is 21.2 Å². The van der Waals surface area contributed by atoms with E-state index in [9.17, 15) is 13.2 Å². The van der Waals surface area contributed by atoms with Gasteiger partial charge in [-0.25, -0.2) is 13.1 Å². The van der Waals surface area contributed by atoms with Crippen molar-refractivity contribution in [2.45, 2.75) is 12.8 Å². The Labute approximate surface area is 99.7 Å². The quantitative estimate of drug-likeness (QED) is 0.718. The van der Waals surface area contributed by atoms with Gasteiger partial charge in [0.2, 0.25) is 10.0 Å². The van der Waals surface area contributed by atoms with Gasteiger partial charge < -0.3 is 5.11 Å². The van der Waals surface area contributed by atoms with Gasteiger partial charge in [0.1, 0.15) is 0 Å². The van der Waals surface area contributed by atoms with E-state index in [4.69, 9.17) is 5.11 Å². The van der Waals surface area contributed by atoms with Crippen LogP contribution in [-0.4, -0.2) is 36.8 Å². The number of aliphatic carboxylic acids is 1. The summed E-state index contributed by atoms with van der Waals surface area (Å²) < 4.78 is 25.1. The number of carbonyl (C=O) groups is 1. The number of nitrogens with zero attached hydrogens (tertiary/aromatic N) is 1. The number of aryl methyl sites for hydroxylation is 1. The van der Waals surface area contributed by atoms with Gasteiger partial charge in [-0.05, 0) is 12.1 Å². The van der Waals surface area contributed by atoms with Crippen LogP contribution in [0.15, 0.2) is 24.4 Å². The lowest BCUT2D eigenvalue weighted by molar-refractivity contribution is -0.136. The van der Waals surface area contributed by atoms with E-state index in [-0.39, 0.29) is 18.7 Å². The summed E-state index contributed by atoms with van der Waals surface area (Å²) in [5.74, 6) is -1.12. The maximum atomic E-state index is 11.5. The average Bonchev–Trinajstić information content (AvgIpc) is 2.27. The van der Waals surface area contributed by atoms with E-state index >= 15 is 0 Å². The smallest absolute Gasteiger partial charge is 0.304 e. The monoisotopic (exact) mass is 258 g/mol. The van der Waals surface area contributed by atoms with Crippen LogP contribution in [0.4, 0.5) is 0 Å². The van der Waals surface area contributed by atoms with Gasteiger partial charge in [0.05, 0.1) is 12.2 Å². The first-order valence-electron chi connectivity index (χ1n) is 5.09. The van der Waals surface area contributed by atoms with Gasteiger partial charge in [-0.1, -0.05) is 6.07 Å². The molecule has 0 saturated heterocycles. The summed E-state index contributed by atoms with van der Waals surface area (Å²) in [7, 11) is -3.43. The third-order valence-corrected chi connectivity index (χ3v) is 3.40. The molecule has 0 atom stereocenters. The standard InChI is InChI=1S/C10H14N2O4S/c13-10(14)4-7-12-17(15,16)8-5-9-3-1-2-6-11-9/h1-3,6,12H,4-5,7-8H2,(H,13,14). The molecule has 0 aliphatic carbocycles. The molecule has 7 heteroatoms. The third kappa shape index (κ3) is 5.98. The lowest BCUT2D eigenvalue weighted by Crippen LogP contribution is -2.29. The first-order chi connectivity index (χ1) is 7.99. The fourth-order valence-electron chi connectivity index (χ4n) is 1.17. The number of carboxylic acids is 1. The van der Waals surface area contributed by atoms with Crippen LogP contribution in [0.2, 0.25) is 0 Å². The molecule has 0 radical (unpaired) electrons. The summed E-state index contributed by atoms with van der Waals surface area (Å²) in [6, 6.07) is 5.28. The largest absolute Gasteiger partial charge is 0.481 e. The van der Waals surface area contributed by atoms with Gasteiger partial charge in [-0.2, -0.15) is 0 Å². The predicted octanol–water partition coefficient (Wildman–Crippen LogP) is 0.0182. The van der Waals surface area contributed by atoms with Crippen LogP contribution in [0, 0.1) is 0 Å². The summed E-state index contributed by atoms with van der Waals surface area (Å²) >= 11 is 0. The highest BCUT2D eigenvalue weighted by Gasteiger charge is 2.10. The zero-order valence-corrected chi connectivity index (χ0v) is 9.98. The first-order valence-corrected chi connectivity index (χ1v) is 6.74. The number of hydrogen-bond acceptors (Lipinski definition) is 4. The zero-order valence-electron chi connectivity index (χ0n) is 9.17. The normalized spacial score (nSPS) is 11.3. The Morgan fingerprint density at radius 1 is 1.41 bits per heavy atom. The molecule has 0 spiro atoms. The molecular formula is C10H14N2O4S. The Morgan fingerprint density at radius 3 is 2.76 bits per heavy atom. The minimum atomic E-state index is -3.43. The number of pyridine rings is 1. The fourth-order valence-corrected chi connectivity index (χ4v) is 2.21. The molecule has 0 aliphatic rings. The highest BCUT2D eigenvalue weighted by atomic mass is 32.2. The average molecular weight is 258 g/mol. The second-order valence-electron chi connectivity index (χ2n) is 3.43. The van der Waals surface area contributed by atoms with Gasteiger partial charge in [-0.15, -0.1) is 0 Å². The summed E-state index contributed by atoms with van der Waals surface area (Å²) in [5.41, 5.74) is 0.691. The molecule has 0 bridgehead atoms. The van der Waals surface area contributed by atoms with Crippen molar-refractivity contribution in [2.75, 3.05) is 12.3 Å². The molecular weight excluding hydrogens is 244 g/mol. The van der Waals surface area contributed by atoms with Gasteiger partial charge in [0, 0.05) is 24.9 Å². The second kappa shape index (κ2) is 6.31. The van der Waals surface area contributed by atoms with Crippen LogP contribution >= 0.6 is 0 Å². The van der Waals surface area contributed by atoms with E-state index in [2.05, 4.69) is 9.71 Å². The number of sulfonamides is 1. The molecule has 1 aromatic rings. The number of rotatable bonds is 7. The van der Waals surface area contributed by atoms with Crippen LogP contribution in [0.5, 0.6) is 0 Å². The van der Waals surface area contributed by atoms with Crippen LogP contribution in [0.25, 0.3) is 0 Å². The van der Waals surface area contributed by atoms with Gasteiger partial charge in [0.25, 0.3) is 0 Å². The minimum absolute atomic E-state index is 0.0834. The van der Waals surface area contributed by atoms with E-state index < -0.39 is 16.0 Å². The second-order valence-corrected chi connectivity index (χ2v) is 5.35. The molecule has 6 nitrogen and oxygen atoms in total. The SMILES string of the molecule is O=C(O)CCNS(=O)(=O)CCc1ccccn1. The van der Waals surface area contributed by atoms with E-state index in [0.29, 0.717) is 12.1 Å². The molecule has 94 valence electrons. The van der Waals surface area contributed by atoms with Gasteiger partial charge >= 0.3 is 5.97 Å². The minimum Gasteiger partial charge on any atom is -0.481 e. The topological polar surface area (TPSA) is 96.4 Å². The summed E-state index contributed by atoms with van der Waals surface area (Å²) in [6.07, 6.45) is 1.69. The molecule has 0 aliphatic heterocycles. The number of carboxylic acid groups (broad SMARTS) is 1. The van der Waals surface area contributed by atoms with E-state index in [1.165, 1.54) is 0 Å². The number of nitrogens with one attached hydrogen (secondary N) is 1. The molecule has 0 saturated carbocycles. The highest BCUT2D eigenvalue weighted by Crippen LogP contribution is 1.97. The van der Waals surface area contributed by atoms with Crippen molar-refractivity contribution in [3.05, 3.63) is 30.1 Å². The van der Waals surface area contributed by atoms with Crippen molar-refractivity contribution in [3.63, 3.8) is 0 Å². The molecule has 1 aromatic heterocycles. The summed E-state index contributed by atoms with van der Waals surface area (Å²) in [6.45, 7) is -0.0834. The molecule has 2 N–H and O–H groups in total. The number of hydrogen-bond donors (Lipinski definition) is 2. The predicted molar refractivity (Wildman–Crippen MR) is 62.0 cm³/mol. The van der Waals surface area contributed by atoms with Crippen LogP contribution in [0.3, 0.4) is 0 Å². The van der Waals surface area contributed by atoms with Crippen molar-refractivity contribution in [1.82, 2.24) is 9.71 Å². The van der Waals surface area contributed by atoms with Crippen LogP contribution < -0.4 is 4.72 Å². The Balaban J connectivity index is 2.37. The van der Waals surface area contributed by atoms with Crippen molar-refractivity contribution in [1.29, 1.82) is 0 Å². The summed E-state index contributed by atoms with van der Waals surface area (Å²) in [5, 5.41) is 8.37. The molecule has 0 amide bonds. The van der Waals surface area contributed by atoms with Gasteiger partial charge in [0.15, 0.2) is 0 Å². The van der Waals surface area contributed by atoms with Crippen molar-refractivity contribution in [2.24, 2.45) is 0 Å². The lowest BCUT2D eigenvalue weighted by atomic mass is 10.3. The molecule has 1 heterocycles. The molecule has 1 rings (SSSR count). The molecule has 0 unspecified atom stereocenters. The van der Waals surface area contributed by atoms with Crippen LogP contribution in [0.1, 0.15) is 12.1 Å². The van der Waals surface area contributed by atoms with Crippen molar-refractivity contribution >= 4 is 16.0 Å². The van der Waals surface area contributed by atoms with Gasteiger partial charge in [-0.3, -0.25) is 9.78 Å². The maximum absolute atomic E-state index is 11.5. The van der Waals surface area contributed by atoms with Crippen molar-refractivity contribution < 1.29 is 18.3 Å². The van der Waals surface area contributed by atoms with Crippen molar-refractivity contribution in [3.8, 4) is 0 Å². The van der Waals surface area contributed by atoms with E-state index in [1.54, 1.807) is 24.4 Å². The number of aromatic nitrogens is 1. The van der Waals surface area contributed by atoms with E-state index in [1.807, 2.05) is 0 Å². The highest BCUT2D eigenvalue weighted by molar-refractivity contribution is 7.89. The molecule has 0 fully saturated rings. The Hall–Kier alpha value is -1.47. The maximum Gasteiger partial charge on any atom is 0.304 e. The Kier molecular flexibility index (Phi) is 5.05. The Bertz CT molecular complexity index is 458. The fraction of sp³-hybridized carbons (Fsp3) is 0.400. The third-order valence-electron chi connectivity index (χ3n) is 2.01. The summed E-state index contributed by atoms with van der Waals surface area (Å²) in [4.78, 5) is 14.2. The molecule has 17 heavy (non-hydrogen) atoms. The zero-order chi connectivity index (χ0) is 12.7. The van der Waals surface area contributed by atoms with E-state index in [0.717, 1.165) is 0 Å². The lowest BCUT2D eigenvalue weighted by Gasteiger charge is -2.04.